The number of hydrogen-bond donors (Lipinski definition) is 1. The van der Waals surface area contributed by atoms with Crippen LogP contribution in [-0.4, -0.2) is 37.2 Å². The van der Waals surface area contributed by atoms with Gasteiger partial charge in [-0.3, -0.25) is 4.90 Å². The minimum Gasteiger partial charge on any atom is -0.378 e. The number of ether oxygens (including phenoxy) is 1. The van der Waals surface area contributed by atoms with E-state index >= 15 is 0 Å². The first-order valence-electron chi connectivity index (χ1n) is 7.16. The number of nitrogens with zero attached hydrogens (tertiary/aromatic N) is 1. The van der Waals surface area contributed by atoms with E-state index in [9.17, 15) is 4.39 Å². The summed E-state index contributed by atoms with van der Waals surface area (Å²) < 4.78 is 19.7. The molecule has 1 saturated heterocycles. The third-order valence-electron chi connectivity index (χ3n) is 3.86. The zero-order valence-corrected chi connectivity index (χ0v) is 12.6. The van der Waals surface area contributed by atoms with Gasteiger partial charge in [0.25, 0.3) is 0 Å². The predicted octanol–water partition coefficient (Wildman–Crippen LogP) is 2.98. The number of rotatable bonds is 5. The van der Waals surface area contributed by atoms with Crippen LogP contribution in [0.5, 0.6) is 0 Å². The number of nitrogens with two attached hydrogens (primary N) is 1. The van der Waals surface area contributed by atoms with Crippen molar-refractivity contribution in [3.63, 3.8) is 0 Å². The first-order chi connectivity index (χ1) is 9.65. The first-order valence-corrected chi connectivity index (χ1v) is 7.54. The fourth-order valence-electron chi connectivity index (χ4n) is 2.83. The van der Waals surface area contributed by atoms with E-state index in [1.807, 2.05) is 6.92 Å². The summed E-state index contributed by atoms with van der Waals surface area (Å²) in [6.07, 6.45) is 2.27. The maximum Gasteiger partial charge on any atom is 0.129 e. The van der Waals surface area contributed by atoms with E-state index in [2.05, 4.69) is 4.90 Å². The molecule has 1 aromatic rings. The summed E-state index contributed by atoms with van der Waals surface area (Å²) in [6, 6.07) is 4.72. The molecule has 0 spiro atoms. The van der Waals surface area contributed by atoms with E-state index in [0.717, 1.165) is 32.5 Å². The molecule has 1 aliphatic heterocycles. The molecule has 0 aliphatic carbocycles. The molecule has 0 aromatic heterocycles. The van der Waals surface area contributed by atoms with Crippen molar-refractivity contribution in [3.05, 3.63) is 34.6 Å². The quantitative estimate of drug-likeness (QED) is 0.908. The molecule has 1 aliphatic rings. The van der Waals surface area contributed by atoms with Crippen molar-refractivity contribution in [3.8, 4) is 0 Å². The molecule has 1 aromatic carbocycles. The molecule has 112 valence electrons. The smallest absolute Gasteiger partial charge is 0.129 e. The van der Waals surface area contributed by atoms with Crippen LogP contribution in [0.4, 0.5) is 4.39 Å². The standard InChI is InChI=1S/C15H22ClFN2O/c1-2-20-12-5-7-19(8-6-12)15(10-18)13-4-3-11(16)9-14(13)17/h3-4,9,12,15H,2,5-8,10,18H2,1H3. The Hall–Kier alpha value is -0.680. The molecule has 1 unspecified atom stereocenters. The van der Waals surface area contributed by atoms with Crippen molar-refractivity contribution >= 4 is 11.6 Å². The lowest BCUT2D eigenvalue weighted by molar-refractivity contribution is 0.00419. The minimum absolute atomic E-state index is 0.0881. The van der Waals surface area contributed by atoms with E-state index in [-0.39, 0.29) is 11.9 Å². The largest absolute Gasteiger partial charge is 0.378 e. The van der Waals surface area contributed by atoms with Crippen LogP contribution < -0.4 is 5.73 Å². The van der Waals surface area contributed by atoms with Crippen LogP contribution in [0.2, 0.25) is 5.02 Å². The van der Waals surface area contributed by atoms with Gasteiger partial charge in [0.05, 0.1) is 6.10 Å². The number of halogens is 2. The SMILES string of the molecule is CCOC1CCN(C(CN)c2ccc(Cl)cc2F)CC1. The van der Waals surface area contributed by atoms with Crippen molar-refractivity contribution < 1.29 is 9.13 Å². The van der Waals surface area contributed by atoms with E-state index < -0.39 is 0 Å². The molecule has 0 saturated carbocycles. The van der Waals surface area contributed by atoms with Gasteiger partial charge in [-0.05, 0) is 31.9 Å². The average Bonchev–Trinajstić information content (AvgIpc) is 2.44. The van der Waals surface area contributed by atoms with Crippen molar-refractivity contribution in [1.82, 2.24) is 4.90 Å². The highest BCUT2D eigenvalue weighted by Crippen LogP contribution is 2.28. The maximum absolute atomic E-state index is 14.0. The van der Waals surface area contributed by atoms with E-state index in [4.69, 9.17) is 22.1 Å². The van der Waals surface area contributed by atoms with Crippen molar-refractivity contribution in [1.29, 1.82) is 0 Å². The van der Waals surface area contributed by atoms with Crippen molar-refractivity contribution in [2.24, 2.45) is 5.73 Å². The second-order valence-electron chi connectivity index (χ2n) is 5.11. The zero-order chi connectivity index (χ0) is 14.5. The molecule has 1 fully saturated rings. The molecule has 1 heterocycles. The minimum atomic E-state index is -0.278. The highest BCUT2D eigenvalue weighted by atomic mass is 35.5. The van der Waals surface area contributed by atoms with Gasteiger partial charge in [-0.2, -0.15) is 0 Å². The maximum atomic E-state index is 14.0. The van der Waals surface area contributed by atoms with Gasteiger partial charge >= 0.3 is 0 Å². The van der Waals surface area contributed by atoms with Crippen LogP contribution in [0.15, 0.2) is 18.2 Å². The zero-order valence-electron chi connectivity index (χ0n) is 11.8. The Morgan fingerprint density at radius 1 is 1.45 bits per heavy atom. The third kappa shape index (κ3) is 3.70. The van der Waals surface area contributed by atoms with E-state index in [1.165, 1.54) is 6.07 Å². The summed E-state index contributed by atoms with van der Waals surface area (Å²) in [5.74, 6) is -0.278. The molecular weight excluding hydrogens is 279 g/mol. The third-order valence-corrected chi connectivity index (χ3v) is 4.10. The number of hydrogen-bond acceptors (Lipinski definition) is 3. The van der Waals surface area contributed by atoms with Gasteiger partial charge in [-0.25, -0.2) is 4.39 Å². The Kier molecular flexibility index (Phi) is 5.78. The van der Waals surface area contributed by atoms with Gasteiger partial charge in [0, 0.05) is 42.9 Å². The van der Waals surface area contributed by atoms with E-state index in [1.54, 1.807) is 12.1 Å². The summed E-state index contributed by atoms with van der Waals surface area (Å²) in [4.78, 5) is 2.24. The number of likely N-dealkylation sites (tertiary alicyclic amines) is 1. The molecule has 20 heavy (non-hydrogen) atoms. The average molecular weight is 301 g/mol. The molecule has 1 atom stereocenters. The second-order valence-corrected chi connectivity index (χ2v) is 5.54. The molecular formula is C15H22ClFN2O. The Morgan fingerprint density at radius 3 is 2.70 bits per heavy atom. The Morgan fingerprint density at radius 2 is 2.15 bits per heavy atom. The summed E-state index contributed by atoms with van der Waals surface area (Å²) in [6.45, 7) is 4.93. The number of benzene rings is 1. The van der Waals surface area contributed by atoms with Crippen LogP contribution in [0.25, 0.3) is 0 Å². The van der Waals surface area contributed by atoms with Gasteiger partial charge in [-0.15, -0.1) is 0 Å². The normalized spacial score (nSPS) is 19.2. The van der Waals surface area contributed by atoms with Crippen molar-refractivity contribution in [2.75, 3.05) is 26.2 Å². The molecule has 0 amide bonds. The van der Waals surface area contributed by atoms with Gasteiger partial charge < -0.3 is 10.5 Å². The van der Waals surface area contributed by atoms with Gasteiger partial charge in [0.15, 0.2) is 0 Å². The Labute approximate surface area is 124 Å². The van der Waals surface area contributed by atoms with Crippen LogP contribution >= 0.6 is 11.6 Å². The summed E-state index contributed by atoms with van der Waals surface area (Å²) in [5.41, 5.74) is 6.49. The van der Waals surface area contributed by atoms with Gasteiger partial charge in [0.2, 0.25) is 0 Å². The lowest BCUT2D eigenvalue weighted by atomic mass is 10.00. The fraction of sp³-hybridized carbons (Fsp3) is 0.600. The van der Waals surface area contributed by atoms with E-state index in [0.29, 0.717) is 23.2 Å². The Balaban J connectivity index is 2.05. The summed E-state index contributed by atoms with van der Waals surface area (Å²) in [7, 11) is 0. The lowest BCUT2D eigenvalue weighted by Gasteiger charge is -2.37. The second kappa shape index (κ2) is 7.36. The Bertz CT molecular complexity index is 436. The van der Waals surface area contributed by atoms with Crippen LogP contribution in [-0.2, 0) is 4.74 Å². The highest BCUT2D eigenvalue weighted by molar-refractivity contribution is 6.30. The van der Waals surface area contributed by atoms with Crippen LogP contribution in [0.1, 0.15) is 31.4 Å². The fourth-order valence-corrected chi connectivity index (χ4v) is 2.99. The lowest BCUT2D eigenvalue weighted by Crippen LogP contribution is -2.42. The topological polar surface area (TPSA) is 38.5 Å². The van der Waals surface area contributed by atoms with Gasteiger partial charge in [0.1, 0.15) is 5.82 Å². The highest BCUT2D eigenvalue weighted by Gasteiger charge is 2.27. The molecule has 2 rings (SSSR count). The number of piperidine rings is 1. The molecule has 5 heteroatoms. The van der Waals surface area contributed by atoms with Crippen molar-refractivity contribution in [2.45, 2.75) is 31.9 Å². The predicted molar refractivity (Wildman–Crippen MR) is 79.4 cm³/mol. The first kappa shape index (κ1) is 15.7. The molecule has 2 N–H and O–H groups in total. The van der Waals surface area contributed by atoms with Crippen LogP contribution in [0, 0.1) is 5.82 Å². The summed E-state index contributed by atoms with van der Waals surface area (Å²) in [5, 5.41) is 0.414. The molecule has 0 bridgehead atoms. The monoisotopic (exact) mass is 300 g/mol. The molecule has 3 nitrogen and oxygen atoms in total. The van der Waals surface area contributed by atoms with Gasteiger partial charge in [-0.1, -0.05) is 17.7 Å². The van der Waals surface area contributed by atoms with Crippen LogP contribution in [0.3, 0.4) is 0 Å². The molecule has 0 radical (unpaired) electrons. The summed E-state index contributed by atoms with van der Waals surface area (Å²) >= 11 is 5.80.